The molecule has 0 aromatic carbocycles. The van der Waals surface area contributed by atoms with Gasteiger partial charge in [-0.25, -0.2) is 0 Å². The molecular weight excluding hydrogens is 160 g/mol. The zero-order chi connectivity index (χ0) is 9.40. The van der Waals surface area contributed by atoms with Crippen molar-refractivity contribution in [3.63, 3.8) is 0 Å². The number of rotatable bonds is 7. The second-order valence-electron chi connectivity index (χ2n) is 2.56. The standard InChI is InChI=1S/C8H14O4/c1-7(2)12-6-8(5-10)11-4-3-9/h3,5,7-8H,4,6H2,1-2H3. The van der Waals surface area contributed by atoms with Gasteiger partial charge in [0.05, 0.1) is 12.7 Å². The van der Waals surface area contributed by atoms with E-state index in [1.807, 2.05) is 13.8 Å². The average molecular weight is 174 g/mol. The number of hydrogen-bond donors (Lipinski definition) is 0. The molecule has 0 radical (unpaired) electrons. The first kappa shape index (κ1) is 11.3. The van der Waals surface area contributed by atoms with Crippen molar-refractivity contribution in [1.29, 1.82) is 0 Å². The van der Waals surface area contributed by atoms with Crippen LogP contribution in [0.25, 0.3) is 0 Å². The van der Waals surface area contributed by atoms with Crippen LogP contribution < -0.4 is 0 Å². The molecule has 4 heteroatoms. The van der Waals surface area contributed by atoms with Crippen LogP contribution in [0.3, 0.4) is 0 Å². The van der Waals surface area contributed by atoms with Crippen molar-refractivity contribution in [2.24, 2.45) is 0 Å². The van der Waals surface area contributed by atoms with Crippen molar-refractivity contribution in [1.82, 2.24) is 0 Å². The van der Waals surface area contributed by atoms with Crippen molar-refractivity contribution in [2.45, 2.75) is 26.1 Å². The van der Waals surface area contributed by atoms with Gasteiger partial charge in [-0.3, -0.25) is 0 Å². The maximum Gasteiger partial charge on any atom is 0.151 e. The molecule has 0 saturated carbocycles. The van der Waals surface area contributed by atoms with Gasteiger partial charge in [0.25, 0.3) is 0 Å². The zero-order valence-corrected chi connectivity index (χ0v) is 7.36. The van der Waals surface area contributed by atoms with E-state index < -0.39 is 6.10 Å². The topological polar surface area (TPSA) is 52.6 Å². The monoisotopic (exact) mass is 174 g/mol. The first-order valence-electron chi connectivity index (χ1n) is 3.82. The van der Waals surface area contributed by atoms with Gasteiger partial charge in [0.15, 0.2) is 6.29 Å². The Morgan fingerprint density at radius 2 is 1.92 bits per heavy atom. The van der Waals surface area contributed by atoms with Crippen LogP contribution in [0.4, 0.5) is 0 Å². The molecule has 12 heavy (non-hydrogen) atoms. The SMILES string of the molecule is CC(C)OCC(C=O)OCC=O. The first-order valence-corrected chi connectivity index (χ1v) is 3.82. The molecule has 0 spiro atoms. The number of carbonyl (C=O) groups is 2. The molecule has 0 amide bonds. The van der Waals surface area contributed by atoms with Crippen LogP contribution in [-0.2, 0) is 19.1 Å². The molecule has 0 aliphatic rings. The minimum Gasteiger partial charge on any atom is -0.376 e. The second-order valence-corrected chi connectivity index (χ2v) is 2.56. The molecule has 0 N–H and O–H groups in total. The van der Waals surface area contributed by atoms with Crippen LogP contribution in [0.15, 0.2) is 0 Å². The number of hydrogen-bond acceptors (Lipinski definition) is 4. The summed E-state index contributed by atoms with van der Waals surface area (Å²) in [6, 6.07) is 0. The van der Waals surface area contributed by atoms with Crippen LogP contribution in [-0.4, -0.2) is 38.0 Å². The minimum atomic E-state index is -0.627. The van der Waals surface area contributed by atoms with Crippen LogP contribution in [0.2, 0.25) is 0 Å². The maximum absolute atomic E-state index is 10.3. The van der Waals surface area contributed by atoms with Gasteiger partial charge < -0.3 is 19.1 Å². The molecule has 0 heterocycles. The molecular formula is C8H14O4. The lowest BCUT2D eigenvalue weighted by molar-refractivity contribution is -0.127. The Bertz CT molecular complexity index is 133. The quantitative estimate of drug-likeness (QED) is 0.517. The fraction of sp³-hybridized carbons (Fsp3) is 0.750. The summed E-state index contributed by atoms with van der Waals surface area (Å²) in [4.78, 5) is 20.2. The highest BCUT2D eigenvalue weighted by Crippen LogP contribution is 1.93. The van der Waals surface area contributed by atoms with Gasteiger partial charge in [-0.05, 0) is 13.8 Å². The Morgan fingerprint density at radius 1 is 1.25 bits per heavy atom. The minimum absolute atomic E-state index is 0.0623. The summed E-state index contributed by atoms with van der Waals surface area (Å²) in [5.74, 6) is 0. The predicted molar refractivity (Wildman–Crippen MR) is 43.0 cm³/mol. The molecule has 0 bridgehead atoms. The summed E-state index contributed by atoms with van der Waals surface area (Å²) >= 11 is 0. The van der Waals surface area contributed by atoms with Gasteiger partial charge in [-0.1, -0.05) is 0 Å². The van der Waals surface area contributed by atoms with E-state index in [9.17, 15) is 9.59 Å². The predicted octanol–water partition coefficient (Wildman–Crippen LogP) is 0.194. The molecule has 0 saturated heterocycles. The van der Waals surface area contributed by atoms with E-state index in [2.05, 4.69) is 0 Å². The summed E-state index contributed by atoms with van der Waals surface area (Å²) in [7, 11) is 0. The molecule has 0 rings (SSSR count). The van der Waals surface area contributed by atoms with E-state index >= 15 is 0 Å². The molecule has 0 aromatic heterocycles. The third kappa shape index (κ3) is 6.00. The third-order valence-corrected chi connectivity index (χ3v) is 1.12. The van der Waals surface area contributed by atoms with E-state index in [0.717, 1.165) is 0 Å². The largest absolute Gasteiger partial charge is 0.376 e. The lowest BCUT2D eigenvalue weighted by Crippen LogP contribution is -2.24. The Kier molecular flexibility index (Phi) is 6.51. The Labute approximate surface area is 71.8 Å². The molecule has 0 aliphatic heterocycles. The fourth-order valence-electron chi connectivity index (χ4n) is 0.577. The highest BCUT2D eigenvalue weighted by Gasteiger charge is 2.07. The fourth-order valence-corrected chi connectivity index (χ4v) is 0.577. The number of aldehydes is 2. The van der Waals surface area contributed by atoms with Gasteiger partial charge in [0.1, 0.15) is 19.0 Å². The summed E-state index contributed by atoms with van der Waals surface area (Å²) in [5, 5.41) is 0. The Balaban J connectivity index is 3.52. The second kappa shape index (κ2) is 6.94. The van der Waals surface area contributed by atoms with Crippen molar-refractivity contribution in [3.05, 3.63) is 0 Å². The highest BCUT2D eigenvalue weighted by atomic mass is 16.5. The molecule has 1 atom stereocenters. The van der Waals surface area contributed by atoms with Crippen LogP contribution in [0, 0.1) is 0 Å². The van der Waals surface area contributed by atoms with Gasteiger partial charge in [0, 0.05) is 0 Å². The smallest absolute Gasteiger partial charge is 0.151 e. The van der Waals surface area contributed by atoms with E-state index in [1.165, 1.54) is 0 Å². The van der Waals surface area contributed by atoms with Gasteiger partial charge in [0.2, 0.25) is 0 Å². The Hall–Kier alpha value is -0.740. The van der Waals surface area contributed by atoms with Crippen LogP contribution >= 0.6 is 0 Å². The van der Waals surface area contributed by atoms with Gasteiger partial charge in [-0.15, -0.1) is 0 Å². The van der Waals surface area contributed by atoms with E-state index in [4.69, 9.17) is 9.47 Å². The number of carbonyl (C=O) groups excluding carboxylic acids is 2. The maximum atomic E-state index is 10.3. The van der Waals surface area contributed by atoms with E-state index in [0.29, 0.717) is 12.6 Å². The van der Waals surface area contributed by atoms with E-state index in [1.54, 1.807) is 0 Å². The summed E-state index contributed by atoms with van der Waals surface area (Å²) < 4.78 is 9.95. The van der Waals surface area contributed by atoms with E-state index in [-0.39, 0.29) is 19.3 Å². The van der Waals surface area contributed by atoms with Crippen molar-refractivity contribution in [2.75, 3.05) is 13.2 Å². The molecule has 1 unspecified atom stereocenters. The van der Waals surface area contributed by atoms with Gasteiger partial charge in [-0.2, -0.15) is 0 Å². The lowest BCUT2D eigenvalue weighted by Gasteiger charge is -2.12. The number of ether oxygens (including phenoxy) is 2. The normalized spacial score (nSPS) is 12.9. The average Bonchev–Trinajstić information content (AvgIpc) is 2.05. The third-order valence-electron chi connectivity index (χ3n) is 1.12. The molecule has 4 nitrogen and oxygen atoms in total. The molecule has 70 valence electrons. The summed E-state index contributed by atoms with van der Waals surface area (Å²) in [6.45, 7) is 3.86. The van der Waals surface area contributed by atoms with Crippen molar-refractivity contribution in [3.8, 4) is 0 Å². The first-order chi connectivity index (χ1) is 5.70. The Morgan fingerprint density at radius 3 is 2.33 bits per heavy atom. The summed E-state index contributed by atoms with van der Waals surface area (Å²) in [5.41, 5.74) is 0. The summed E-state index contributed by atoms with van der Waals surface area (Å²) in [6.07, 6.45) is 0.669. The molecule has 0 aromatic rings. The van der Waals surface area contributed by atoms with Crippen LogP contribution in [0.5, 0.6) is 0 Å². The lowest BCUT2D eigenvalue weighted by atomic mass is 10.4. The van der Waals surface area contributed by atoms with Crippen LogP contribution in [0.1, 0.15) is 13.8 Å². The zero-order valence-electron chi connectivity index (χ0n) is 7.36. The molecule has 0 aliphatic carbocycles. The molecule has 0 fully saturated rings. The highest BCUT2D eigenvalue weighted by molar-refractivity contribution is 5.57. The van der Waals surface area contributed by atoms with Crippen molar-refractivity contribution < 1.29 is 19.1 Å². The van der Waals surface area contributed by atoms with Gasteiger partial charge >= 0.3 is 0 Å². The van der Waals surface area contributed by atoms with Crippen molar-refractivity contribution >= 4 is 12.6 Å².